The van der Waals surface area contributed by atoms with E-state index in [0.29, 0.717) is 34.5 Å². The normalized spacial score (nSPS) is 10.5. The molecule has 0 aliphatic rings. The van der Waals surface area contributed by atoms with Crippen LogP contribution in [0.25, 0.3) is 11.4 Å². The number of ether oxygens (including phenoxy) is 2. The minimum atomic E-state index is 0.0581. The van der Waals surface area contributed by atoms with Crippen LogP contribution >= 0.6 is 11.6 Å². The molecule has 3 aromatic rings. The van der Waals surface area contributed by atoms with Crippen molar-refractivity contribution in [2.45, 2.75) is 6.61 Å². The number of anilines is 2. The average Bonchev–Trinajstić information content (AvgIpc) is 2.59. The Hall–Kier alpha value is -3.06. The van der Waals surface area contributed by atoms with Crippen molar-refractivity contribution in [1.29, 1.82) is 0 Å². The van der Waals surface area contributed by atoms with E-state index in [1.807, 2.05) is 24.3 Å². The Kier molecular flexibility index (Phi) is 4.85. The quantitative estimate of drug-likeness (QED) is 0.722. The van der Waals surface area contributed by atoms with Gasteiger partial charge in [-0.2, -0.15) is 15.0 Å². The van der Waals surface area contributed by atoms with Crippen molar-refractivity contribution in [3.63, 3.8) is 0 Å². The van der Waals surface area contributed by atoms with Crippen LogP contribution < -0.4 is 20.9 Å². The molecule has 0 saturated heterocycles. The highest BCUT2D eigenvalue weighted by Gasteiger charge is 2.11. The fourth-order valence-corrected chi connectivity index (χ4v) is 2.47. The molecule has 3 rings (SSSR count). The van der Waals surface area contributed by atoms with Crippen molar-refractivity contribution in [1.82, 2.24) is 15.0 Å². The van der Waals surface area contributed by atoms with Crippen LogP contribution in [0.2, 0.25) is 5.02 Å². The summed E-state index contributed by atoms with van der Waals surface area (Å²) in [5.41, 5.74) is 12.9. The van der Waals surface area contributed by atoms with Crippen LogP contribution in [-0.4, -0.2) is 22.1 Å². The third-order valence-corrected chi connectivity index (χ3v) is 3.61. The number of nitrogens with zero attached hydrogens (tertiary/aromatic N) is 3. The summed E-state index contributed by atoms with van der Waals surface area (Å²) in [5.74, 6) is 1.61. The van der Waals surface area contributed by atoms with Crippen LogP contribution in [-0.2, 0) is 6.61 Å². The van der Waals surface area contributed by atoms with Gasteiger partial charge in [0.15, 0.2) is 17.3 Å². The van der Waals surface area contributed by atoms with Gasteiger partial charge >= 0.3 is 0 Å². The molecule has 25 heavy (non-hydrogen) atoms. The summed E-state index contributed by atoms with van der Waals surface area (Å²) in [4.78, 5) is 11.9. The SMILES string of the molecule is COc1cc(-c2nc(N)nc(N)n2)ccc1OCc1cccc(Cl)c1. The number of aromatic nitrogens is 3. The van der Waals surface area contributed by atoms with Crippen molar-refractivity contribution in [2.75, 3.05) is 18.6 Å². The molecule has 128 valence electrons. The number of methoxy groups -OCH3 is 1. The molecule has 0 radical (unpaired) electrons. The standard InChI is InChI=1S/C17H16ClN5O2/c1-24-14-8-11(15-21-16(19)23-17(20)22-15)5-6-13(14)25-9-10-3-2-4-12(18)7-10/h2-8H,9H2,1H3,(H4,19,20,21,22,23). The van der Waals surface area contributed by atoms with Crippen molar-refractivity contribution in [2.24, 2.45) is 0 Å². The van der Waals surface area contributed by atoms with Crippen LogP contribution in [0, 0.1) is 0 Å². The van der Waals surface area contributed by atoms with Gasteiger partial charge in [0, 0.05) is 10.6 Å². The topological polar surface area (TPSA) is 109 Å². The lowest BCUT2D eigenvalue weighted by Gasteiger charge is -2.12. The first-order valence-corrected chi connectivity index (χ1v) is 7.75. The smallest absolute Gasteiger partial charge is 0.225 e. The molecular weight excluding hydrogens is 342 g/mol. The molecule has 7 nitrogen and oxygen atoms in total. The first-order valence-electron chi connectivity index (χ1n) is 7.38. The van der Waals surface area contributed by atoms with Crippen LogP contribution in [0.3, 0.4) is 0 Å². The summed E-state index contributed by atoms with van der Waals surface area (Å²) in [7, 11) is 1.56. The van der Waals surface area contributed by atoms with Crippen molar-refractivity contribution < 1.29 is 9.47 Å². The number of nitrogens with two attached hydrogens (primary N) is 2. The highest BCUT2D eigenvalue weighted by atomic mass is 35.5. The molecule has 0 fully saturated rings. The molecule has 1 heterocycles. The van der Waals surface area contributed by atoms with Gasteiger partial charge in [-0.25, -0.2) is 0 Å². The third kappa shape index (κ3) is 4.07. The Labute approximate surface area is 149 Å². The maximum Gasteiger partial charge on any atom is 0.225 e. The van der Waals surface area contributed by atoms with Gasteiger partial charge in [-0.15, -0.1) is 0 Å². The summed E-state index contributed by atoms with van der Waals surface area (Å²) >= 11 is 5.98. The molecule has 8 heteroatoms. The molecule has 0 saturated carbocycles. The lowest BCUT2D eigenvalue weighted by molar-refractivity contribution is 0.284. The predicted octanol–water partition coefficient (Wildman–Crippen LogP) is 2.94. The first-order chi connectivity index (χ1) is 12.0. The van der Waals surface area contributed by atoms with E-state index in [1.165, 1.54) is 0 Å². The Bertz CT molecular complexity index is 884. The van der Waals surface area contributed by atoms with E-state index in [9.17, 15) is 0 Å². The van der Waals surface area contributed by atoms with E-state index >= 15 is 0 Å². The zero-order valence-electron chi connectivity index (χ0n) is 13.4. The van der Waals surface area contributed by atoms with E-state index in [1.54, 1.807) is 25.3 Å². The predicted molar refractivity (Wildman–Crippen MR) is 96.4 cm³/mol. The van der Waals surface area contributed by atoms with Gasteiger partial charge in [-0.05, 0) is 35.9 Å². The van der Waals surface area contributed by atoms with E-state index < -0.39 is 0 Å². The van der Waals surface area contributed by atoms with E-state index in [0.717, 1.165) is 5.56 Å². The van der Waals surface area contributed by atoms with Gasteiger partial charge < -0.3 is 20.9 Å². The average molecular weight is 358 g/mol. The molecule has 0 atom stereocenters. The highest BCUT2D eigenvalue weighted by Crippen LogP contribution is 2.32. The maximum atomic E-state index is 5.98. The molecule has 1 aromatic heterocycles. The molecule has 0 bridgehead atoms. The zero-order chi connectivity index (χ0) is 17.8. The summed E-state index contributed by atoms with van der Waals surface area (Å²) in [5, 5.41) is 0.661. The molecule has 4 N–H and O–H groups in total. The van der Waals surface area contributed by atoms with Gasteiger partial charge in [0.05, 0.1) is 7.11 Å². The number of nitrogen functional groups attached to an aromatic ring is 2. The molecule has 0 aliphatic heterocycles. The second-order valence-electron chi connectivity index (χ2n) is 5.16. The first kappa shape index (κ1) is 16.8. The summed E-state index contributed by atoms with van der Waals surface area (Å²) in [6, 6.07) is 12.8. The van der Waals surface area contributed by atoms with E-state index in [-0.39, 0.29) is 11.9 Å². The highest BCUT2D eigenvalue weighted by molar-refractivity contribution is 6.30. The zero-order valence-corrected chi connectivity index (χ0v) is 14.2. The maximum absolute atomic E-state index is 5.98. The largest absolute Gasteiger partial charge is 0.493 e. The number of halogens is 1. The molecule has 0 amide bonds. The van der Waals surface area contributed by atoms with E-state index in [4.69, 9.17) is 32.5 Å². The Balaban J connectivity index is 1.84. The lowest BCUT2D eigenvalue weighted by Crippen LogP contribution is -2.04. The Morgan fingerprint density at radius 1 is 0.960 bits per heavy atom. The van der Waals surface area contributed by atoms with Crippen molar-refractivity contribution >= 4 is 23.5 Å². The molecule has 0 aliphatic carbocycles. The number of rotatable bonds is 5. The second kappa shape index (κ2) is 7.23. The number of hydrogen-bond donors (Lipinski definition) is 2. The monoisotopic (exact) mass is 357 g/mol. The Morgan fingerprint density at radius 3 is 2.40 bits per heavy atom. The lowest BCUT2D eigenvalue weighted by atomic mass is 10.2. The van der Waals surface area contributed by atoms with Gasteiger partial charge in [0.25, 0.3) is 0 Å². The van der Waals surface area contributed by atoms with Gasteiger partial charge in [0.1, 0.15) is 6.61 Å². The second-order valence-corrected chi connectivity index (χ2v) is 5.60. The van der Waals surface area contributed by atoms with Gasteiger partial charge in [-0.3, -0.25) is 0 Å². The van der Waals surface area contributed by atoms with Gasteiger partial charge in [0.2, 0.25) is 11.9 Å². The fourth-order valence-electron chi connectivity index (χ4n) is 2.25. The van der Waals surface area contributed by atoms with E-state index in [2.05, 4.69) is 15.0 Å². The molecular formula is C17H16ClN5O2. The third-order valence-electron chi connectivity index (χ3n) is 3.38. The summed E-state index contributed by atoms with van der Waals surface area (Å²) < 4.78 is 11.2. The summed E-state index contributed by atoms with van der Waals surface area (Å²) in [6.07, 6.45) is 0. The molecule has 2 aromatic carbocycles. The minimum absolute atomic E-state index is 0.0581. The Morgan fingerprint density at radius 2 is 1.72 bits per heavy atom. The number of hydrogen-bond acceptors (Lipinski definition) is 7. The summed E-state index contributed by atoms with van der Waals surface area (Å²) in [6.45, 7) is 0.363. The minimum Gasteiger partial charge on any atom is -0.493 e. The van der Waals surface area contributed by atoms with Crippen LogP contribution in [0.5, 0.6) is 11.5 Å². The van der Waals surface area contributed by atoms with Gasteiger partial charge in [-0.1, -0.05) is 23.7 Å². The van der Waals surface area contributed by atoms with Crippen molar-refractivity contribution in [3.05, 3.63) is 53.1 Å². The van der Waals surface area contributed by atoms with Crippen LogP contribution in [0.15, 0.2) is 42.5 Å². The number of benzene rings is 2. The molecule has 0 spiro atoms. The molecule has 0 unspecified atom stereocenters. The van der Waals surface area contributed by atoms with Crippen LogP contribution in [0.1, 0.15) is 5.56 Å². The van der Waals surface area contributed by atoms with Crippen LogP contribution in [0.4, 0.5) is 11.9 Å². The fraction of sp³-hybridized carbons (Fsp3) is 0.118. The van der Waals surface area contributed by atoms with Crippen molar-refractivity contribution in [3.8, 4) is 22.9 Å².